The van der Waals surface area contributed by atoms with Crippen LogP contribution in [0.25, 0.3) is 0 Å². The van der Waals surface area contributed by atoms with E-state index in [1.807, 2.05) is 32.0 Å². The summed E-state index contributed by atoms with van der Waals surface area (Å²) in [5.74, 6) is -5.48. The summed E-state index contributed by atoms with van der Waals surface area (Å²) in [5.41, 5.74) is 0.460. The van der Waals surface area contributed by atoms with E-state index in [0.29, 0.717) is 6.42 Å². The standard InChI is InChI=1S/C33H42N2O12/c1-7-20(4)42-17-26(36)44-18-45-29-25(41-6)13-14-34-27(29)30(37)35-24-16-43-32(39)23(15-22-11-9-8-10-12-22)28(21(5)46-33(24)40)47-31(38)19(2)3/h8-14,19-21,23-24,28H,7,15-18H2,1-6H3,(H,35,37)/t20?,21-,23?,24-,28-/m0/s1. The maximum absolute atomic E-state index is 13.5. The highest BCUT2D eigenvalue weighted by molar-refractivity contribution is 5.98. The molecular formula is C33H42N2O12. The summed E-state index contributed by atoms with van der Waals surface area (Å²) in [4.78, 5) is 68.9. The predicted octanol–water partition coefficient (Wildman–Crippen LogP) is 2.80. The Labute approximate surface area is 273 Å². The van der Waals surface area contributed by atoms with E-state index in [-0.39, 0.29) is 36.3 Å². The van der Waals surface area contributed by atoms with Crippen molar-refractivity contribution in [2.75, 3.05) is 27.1 Å². The van der Waals surface area contributed by atoms with Gasteiger partial charge in [0.05, 0.1) is 19.1 Å². The molecule has 0 saturated carbocycles. The number of nitrogens with one attached hydrogen (secondary N) is 1. The summed E-state index contributed by atoms with van der Waals surface area (Å²) in [6, 6.07) is 9.00. The lowest BCUT2D eigenvalue weighted by Crippen LogP contribution is -2.47. The number of carbonyl (C=O) groups is 5. The molecule has 256 valence electrons. The molecule has 1 fully saturated rings. The van der Waals surface area contributed by atoms with Gasteiger partial charge in [-0.3, -0.25) is 14.4 Å². The van der Waals surface area contributed by atoms with Crippen molar-refractivity contribution in [2.45, 2.75) is 71.8 Å². The van der Waals surface area contributed by atoms with Crippen LogP contribution in [-0.2, 0) is 49.3 Å². The van der Waals surface area contributed by atoms with E-state index in [9.17, 15) is 24.0 Å². The average molecular weight is 659 g/mol. The molecule has 1 amide bonds. The van der Waals surface area contributed by atoms with Crippen LogP contribution < -0.4 is 14.8 Å². The molecule has 1 N–H and O–H groups in total. The number of ether oxygens (including phenoxy) is 7. The zero-order valence-electron chi connectivity index (χ0n) is 27.4. The number of carbonyl (C=O) groups excluding carboxylic acids is 5. The molecule has 3 rings (SSSR count). The van der Waals surface area contributed by atoms with Gasteiger partial charge in [-0.1, -0.05) is 51.1 Å². The molecule has 2 unspecified atom stereocenters. The predicted molar refractivity (Wildman–Crippen MR) is 164 cm³/mol. The first-order valence-electron chi connectivity index (χ1n) is 15.3. The van der Waals surface area contributed by atoms with E-state index in [1.54, 1.807) is 26.0 Å². The highest BCUT2D eigenvalue weighted by atomic mass is 16.7. The van der Waals surface area contributed by atoms with Crippen LogP contribution in [0.5, 0.6) is 11.5 Å². The third kappa shape index (κ3) is 10.7. The van der Waals surface area contributed by atoms with Gasteiger partial charge in [0.1, 0.15) is 25.2 Å². The van der Waals surface area contributed by atoms with Gasteiger partial charge in [-0.05, 0) is 32.3 Å². The average Bonchev–Trinajstić information content (AvgIpc) is 3.09. The maximum Gasteiger partial charge on any atom is 0.334 e. The van der Waals surface area contributed by atoms with Crippen molar-refractivity contribution in [3.63, 3.8) is 0 Å². The van der Waals surface area contributed by atoms with E-state index < -0.39 is 73.3 Å². The molecule has 1 aliphatic heterocycles. The molecule has 1 saturated heterocycles. The third-order valence-electron chi connectivity index (χ3n) is 7.26. The zero-order chi connectivity index (χ0) is 34.5. The van der Waals surface area contributed by atoms with Crippen LogP contribution in [0.1, 0.15) is 57.1 Å². The van der Waals surface area contributed by atoms with Crippen molar-refractivity contribution >= 4 is 29.8 Å². The molecule has 5 atom stereocenters. The van der Waals surface area contributed by atoms with Gasteiger partial charge in [0, 0.05) is 12.3 Å². The smallest absolute Gasteiger partial charge is 0.334 e. The molecule has 14 nitrogen and oxygen atoms in total. The van der Waals surface area contributed by atoms with Crippen LogP contribution in [0.3, 0.4) is 0 Å². The van der Waals surface area contributed by atoms with Gasteiger partial charge in [-0.25, -0.2) is 14.6 Å². The molecule has 1 aromatic heterocycles. The topological polar surface area (TPSA) is 175 Å². The molecule has 0 bridgehead atoms. The van der Waals surface area contributed by atoms with Crippen LogP contribution >= 0.6 is 0 Å². The lowest BCUT2D eigenvalue weighted by atomic mass is 9.91. The third-order valence-corrected chi connectivity index (χ3v) is 7.26. The van der Waals surface area contributed by atoms with Crippen molar-refractivity contribution in [3.05, 3.63) is 53.9 Å². The lowest BCUT2D eigenvalue weighted by Gasteiger charge is -2.29. The molecule has 1 aliphatic rings. The number of methoxy groups -OCH3 is 1. The molecule has 0 spiro atoms. The molecule has 0 aliphatic carbocycles. The van der Waals surface area contributed by atoms with Crippen LogP contribution in [0.2, 0.25) is 0 Å². The van der Waals surface area contributed by atoms with Gasteiger partial charge in [-0.2, -0.15) is 0 Å². The summed E-state index contributed by atoms with van der Waals surface area (Å²) in [7, 11) is 1.33. The quantitative estimate of drug-likeness (QED) is 0.178. The number of hydrogen-bond donors (Lipinski definition) is 1. The first-order valence-corrected chi connectivity index (χ1v) is 15.3. The Bertz CT molecular complexity index is 1380. The zero-order valence-corrected chi connectivity index (χ0v) is 27.4. The number of nitrogens with zero attached hydrogens (tertiary/aromatic N) is 1. The van der Waals surface area contributed by atoms with E-state index in [1.165, 1.54) is 26.3 Å². The lowest BCUT2D eigenvalue weighted by molar-refractivity contribution is -0.176. The number of hydrogen-bond acceptors (Lipinski definition) is 13. The molecule has 2 heterocycles. The molecule has 2 aromatic rings. The Hall–Kier alpha value is -4.72. The van der Waals surface area contributed by atoms with E-state index >= 15 is 0 Å². The van der Waals surface area contributed by atoms with Crippen LogP contribution in [0.4, 0.5) is 0 Å². The van der Waals surface area contributed by atoms with Gasteiger partial charge < -0.3 is 38.5 Å². The minimum atomic E-state index is -1.47. The maximum atomic E-state index is 13.5. The minimum Gasteiger partial charge on any atom is -0.493 e. The fraction of sp³-hybridized carbons (Fsp3) is 0.515. The minimum absolute atomic E-state index is 0.0905. The normalized spacial score (nSPS) is 20.4. The second kappa shape index (κ2) is 17.8. The van der Waals surface area contributed by atoms with Gasteiger partial charge in [0.2, 0.25) is 6.79 Å². The van der Waals surface area contributed by atoms with Crippen LogP contribution in [-0.4, -0.2) is 86.2 Å². The Morgan fingerprint density at radius 2 is 1.79 bits per heavy atom. The Kier molecular flexibility index (Phi) is 13.9. The highest BCUT2D eigenvalue weighted by Gasteiger charge is 2.42. The van der Waals surface area contributed by atoms with Crippen molar-refractivity contribution in [2.24, 2.45) is 11.8 Å². The van der Waals surface area contributed by atoms with Crippen LogP contribution in [0, 0.1) is 11.8 Å². The number of amides is 1. The molecular weight excluding hydrogens is 616 g/mol. The van der Waals surface area contributed by atoms with Crippen molar-refractivity contribution in [1.82, 2.24) is 10.3 Å². The Balaban J connectivity index is 1.79. The number of aromatic nitrogens is 1. The van der Waals surface area contributed by atoms with E-state index in [4.69, 9.17) is 33.2 Å². The van der Waals surface area contributed by atoms with Crippen molar-refractivity contribution in [3.8, 4) is 11.5 Å². The van der Waals surface area contributed by atoms with Gasteiger partial charge in [-0.15, -0.1) is 0 Å². The summed E-state index contributed by atoms with van der Waals surface area (Å²) in [5, 5.41) is 2.47. The summed E-state index contributed by atoms with van der Waals surface area (Å²) in [6.07, 6.45) is -0.275. The molecule has 47 heavy (non-hydrogen) atoms. The van der Waals surface area contributed by atoms with Gasteiger partial charge >= 0.3 is 23.9 Å². The highest BCUT2D eigenvalue weighted by Crippen LogP contribution is 2.30. The summed E-state index contributed by atoms with van der Waals surface area (Å²) >= 11 is 0. The second-order valence-electron chi connectivity index (χ2n) is 11.1. The molecule has 1 aromatic carbocycles. The summed E-state index contributed by atoms with van der Waals surface area (Å²) < 4.78 is 38.0. The first kappa shape index (κ1) is 36.7. The SMILES string of the molecule is CCC(C)OCC(=O)OCOc1c(OC)ccnc1C(=O)N[C@H]1COC(=O)C(Cc2ccccc2)[C@@H](OC(=O)C(C)C)[C@H](C)OC1=O. The second-order valence-corrected chi connectivity index (χ2v) is 11.1. The van der Waals surface area contributed by atoms with Crippen molar-refractivity contribution in [1.29, 1.82) is 0 Å². The molecule has 14 heteroatoms. The Morgan fingerprint density at radius 3 is 2.45 bits per heavy atom. The summed E-state index contributed by atoms with van der Waals surface area (Å²) in [6.45, 7) is 7.03. The fourth-order valence-corrected chi connectivity index (χ4v) is 4.39. The van der Waals surface area contributed by atoms with Gasteiger partial charge in [0.25, 0.3) is 5.91 Å². The largest absolute Gasteiger partial charge is 0.493 e. The first-order chi connectivity index (χ1) is 22.4. The van der Waals surface area contributed by atoms with Crippen molar-refractivity contribution < 1.29 is 57.1 Å². The number of pyridine rings is 1. The molecule has 0 radical (unpaired) electrons. The fourth-order valence-electron chi connectivity index (χ4n) is 4.39. The number of benzene rings is 1. The monoisotopic (exact) mass is 658 g/mol. The van der Waals surface area contributed by atoms with E-state index in [0.717, 1.165) is 5.56 Å². The van der Waals surface area contributed by atoms with Crippen LogP contribution in [0.15, 0.2) is 42.6 Å². The number of cyclic esters (lactones) is 2. The Morgan fingerprint density at radius 1 is 1.06 bits per heavy atom. The number of rotatable bonds is 14. The van der Waals surface area contributed by atoms with Gasteiger partial charge in [0.15, 0.2) is 29.3 Å². The van der Waals surface area contributed by atoms with E-state index in [2.05, 4.69) is 10.3 Å². The number of esters is 4.